The Hall–Kier alpha value is -4.46. The minimum atomic E-state index is 0.0777. The molecule has 0 unspecified atom stereocenters. The quantitative estimate of drug-likeness (QED) is 0.387. The first-order valence-electron chi connectivity index (χ1n) is 12.0. The summed E-state index contributed by atoms with van der Waals surface area (Å²) < 4.78 is 0. The van der Waals surface area contributed by atoms with Gasteiger partial charge in [0.1, 0.15) is 0 Å². The van der Waals surface area contributed by atoms with Crippen molar-refractivity contribution in [1.29, 1.82) is 0 Å². The summed E-state index contributed by atoms with van der Waals surface area (Å²) in [6.45, 7) is 4.00. The number of pyridine rings is 2. The third-order valence-corrected chi connectivity index (χ3v) is 5.81. The van der Waals surface area contributed by atoms with Crippen LogP contribution in [0.4, 0.5) is 0 Å². The fraction of sp³-hybridized carbons (Fsp3) is 0.214. The van der Waals surface area contributed by atoms with Gasteiger partial charge in [0.05, 0.1) is 47.8 Å². The number of hydrogen-bond donors (Lipinski definition) is 2. The fourth-order valence-corrected chi connectivity index (χ4v) is 4.11. The third-order valence-electron chi connectivity index (χ3n) is 5.81. The number of ketones is 2. The Balaban J connectivity index is 0.000000158. The molecule has 182 valence electrons. The van der Waals surface area contributed by atoms with Gasteiger partial charge in [-0.05, 0) is 62.1 Å². The lowest BCUT2D eigenvalue weighted by Gasteiger charge is -2.15. The van der Waals surface area contributed by atoms with E-state index in [1.165, 1.54) is 0 Å². The van der Waals surface area contributed by atoms with E-state index in [-0.39, 0.29) is 11.6 Å². The second-order valence-electron chi connectivity index (χ2n) is 8.01. The average molecular weight is 481 g/mol. The zero-order valence-electron chi connectivity index (χ0n) is 20.4. The molecule has 0 saturated heterocycles. The van der Waals surface area contributed by atoms with E-state index < -0.39 is 0 Å². The summed E-state index contributed by atoms with van der Waals surface area (Å²) >= 11 is 0. The summed E-state index contributed by atoms with van der Waals surface area (Å²) in [6.07, 6.45) is 16.9. The van der Waals surface area contributed by atoms with Gasteiger partial charge in [-0.25, -0.2) is 9.97 Å². The Morgan fingerprint density at radius 3 is 1.53 bits per heavy atom. The zero-order valence-corrected chi connectivity index (χ0v) is 20.4. The van der Waals surface area contributed by atoms with E-state index in [9.17, 15) is 9.59 Å². The molecule has 4 heterocycles. The number of aromatic nitrogens is 6. The Bertz CT molecular complexity index is 1280. The molecule has 0 atom stereocenters. The maximum Gasteiger partial charge on any atom is 0.190 e. The highest BCUT2D eigenvalue weighted by molar-refractivity contribution is 6.13. The molecule has 0 amide bonds. The van der Waals surface area contributed by atoms with E-state index in [0.29, 0.717) is 0 Å². The van der Waals surface area contributed by atoms with Gasteiger partial charge < -0.3 is 9.97 Å². The minimum Gasteiger partial charge on any atom is -0.345 e. The molecule has 4 aromatic rings. The van der Waals surface area contributed by atoms with Crippen molar-refractivity contribution in [3.05, 3.63) is 107 Å². The normalized spacial score (nSPS) is 16.4. The van der Waals surface area contributed by atoms with E-state index in [2.05, 4.69) is 29.9 Å². The number of carbonyl (C=O) groups excluding carboxylic acids is 2. The highest BCUT2D eigenvalue weighted by Gasteiger charge is 2.23. The summed E-state index contributed by atoms with van der Waals surface area (Å²) in [7, 11) is 0. The molecule has 2 aliphatic carbocycles. The van der Waals surface area contributed by atoms with Crippen molar-refractivity contribution in [2.24, 2.45) is 0 Å². The van der Waals surface area contributed by atoms with Crippen LogP contribution in [0.5, 0.6) is 0 Å². The second kappa shape index (κ2) is 11.8. The fourth-order valence-electron chi connectivity index (χ4n) is 4.11. The number of hydrogen-bond acceptors (Lipinski definition) is 6. The molecule has 8 nitrogen and oxygen atoms in total. The molecule has 8 heteroatoms. The van der Waals surface area contributed by atoms with Gasteiger partial charge in [-0.1, -0.05) is 13.8 Å². The predicted octanol–water partition coefficient (Wildman–Crippen LogP) is 5.06. The van der Waals surface area contributed by atoms with Crippen molar-refractivity contribution in [2.45, 2.75) is 39.5 Å². The van der Waals surface area contributed by atoms with Crippen molar-refractivity contribution < 1.29 is 9.59 Å². The first kappa shape index (κ1) is 24.7. The van der Waals surface area contributed by atoms with Gasteiger partial charge in [-0.15, -0.1) is 0 Å². The monoisotopic (exact) mass is 480 g/mol. The van der Waals surface area contributed by atoms with Gasteiger partial charge in [-0.2, -0.15) is 0 Å². The van der Waals surface area contributed by atoms with Crippen LogP contribution in [0.15, 0.2) is 72.9 Å². The van der Waals surface area contributed by atoms with Crippen LogP contribution in [0.1, 0.15) is 70.2 Å². The Morgan fingerprint density at radius 2 is 1.14 bits per heavy atom. The molecule has 0 bridgehead atoms. The van der Waals surface area contributed by atoms with Gasteiger partial charge in [-0.3, -0.25) is 19.6 Å². The second-order valence-corrected chi connectivity index (χ2v) is 8.01. The van der Waals surface area contributed by atoms with Crippen molar-refractivity contribution in [2.75, 3.05) is 0 Å². The molecule has 2 N–H and O–H groups in total. The van der Waals surface area contributed by atoms with Crippen molar-refractivity contribution in [3.8, 4) is 0 Å². The minimum absolute atomic E-state index is 0.0777. The first-order chi connectivity index (χ1) is 17.7. The summed E-state index contributed by atoms with van der Waals surface area (Å²) in [4.78, 5) is 46.7. The number of rotatable bonds is 2. The average Bonchev–Trinajstić information content (AvgIpc) is 3.64. The predicted molar refractivity (Wildman–Crippen MR) is 138 cm³/mol. The third kappa shape index (κ3) is 5.60. The molecule has 2 aliphatic rings. The number of aryl methyl sites for hydroxylation is 2. The summed E-state index contributed by atoms with van der Waals surface area (Å²) in [5.74, 6) is 0.155. The summed E-state index contributed by atoms with van der Waals surface area (Å²) in [5.41, 5.74) is 6.61. The maximum absolute atomic E-state index is 12.2. The number of nitrogens with zero attached hydrogens (tertiary/aromatic N) is 4. The van der Waals surface area contributed by atoms with Crippen LogP contribution < -0.4 is 0 Å². The molecule has 0 aliphatic heterocycles. The van der Waals surface area contributed by atoms with Crippen molar-refractivity contribution in [3.63, 3.8) is 0 Å². The van der Waals surface area contributed by atoms with E-state index in [1.54, 1.807) is 49.6 Å². The number of fused-ring (bicyclic) bond motifs is 2. The Morgan fingerprint density at radius 1 is 0.694 bits per heavy atom. The smallest absolute Gasteiger partial charge is 0.190 e. The number of imidazole rings is 2. The topological polar surface area (TPSA) is 117 Å². The number of H-pyrrole nitrogens is 2. The number of allylic oxidation sites excluding steroid dienone is 2. The van der Waals surface area contributed by atoms with Crippen molar-refractivity contribution >= 4 is 23.7 Å². The standard InChI is InChI=1S/2C13H11N3O.C2H6/c2*17-13-9(6-10-7-14-8-16-10)3-4-12-11(13)2-1-5-15-12;1-2/h2*1-2,5-8H,3-4H2,(H,14,16);1-2H3/b9-6+;9-6-;. The molecule has 36 heavy (non-hydrogen) atoms. The van der Waals surface area contributed by atoms with E-state index in [4.69, 9.17) is 0 Å². The highest BCUT2D eigenvalue weighted by atomic mass is 16.1. The van der Waals surface area contributed by atoms with Crippen LogP contribution in [-0.4, -0.2) is 41.5 Å². The lowest BCUT2D eigenvalue weighted by atomic mass is 9.90. The molecule has 4 aromatic heterocycles. The number of aromatic amines is 2. The molecule has 6 rings (SSSR count). The summed E-state index contributed by atoms with van der Waals surface area (Å²) in [6, 6.07) is 7.28. The molecule has 0 saturated carbocycles. The molecule has 0 spiro atoms. The molecule has 0 fully saturated rings. The van der Waals surface area contributed by atoms with Crippen molar-refractivity contribution in [1.82, 2.24) is 29.9 Å². The largest absolute Gasteiger partial charge is 0.345 e. The molecule has 0 radical (unpaired) electrons. The number of carbonyl (C=O) groups is 2. The number of Topliss-reactive ketones (excluding diaryl/α,β-unsaturated/α-hetero) is 2. The van der Waals surface area contributed by atoms with E-state index in [0.717, 1.165) is 70.7 Å². The van der Waals surface area contributed by atoms with Gasteiger partial charge in [0.2, 0.25) is 0 Å². The van der Waals surface area contributed by atoms with Crippen LogP contribution in [0, 0.1) is 0 Å². The SMILES string of the molecule is CC.O=C1/C(=C/c2cnc[nH]2)CCc2ncccc21.O=C1/C(=C\c2cnc[nH]2)CCc2ncccc21. The van der Waals surface area contributed by atoms with Crippen LogP contribution in [0.2, 0.25) is 0 Å². The van der Waals surface area contributed by atoms with E-state index >= 15 is 0 Å². The summed E-state index contributed by atoms with van der Waals surface area (Å²) in [5, 5.41) is 0. The molecular formula is C28H28N6O2. The highest BCUT2D eigenvalue weighted by Crippen LogP contribution is 2.25. The Labute approximate surface area is 209 Å². The molecular weight excluding hydrogens is 452 g/mol. The lowest BCUT2D eigenvalue weighted by Crippen LogP contribution is -2.15. The van der Waals surface area contributed by atoms with Gasteiger partial charge in [0.25, 0.3) is 0 Å². The van der Waals surface area contributed by atoms with Gasteiger partial charge in [0, 0.05) is 34.7 Å². The van der Waals surface area contributed by atoms with Gasteiger partial charge in [0.15, 0.2) is 11.6 Å². The van der Waals surface area contributed by atoms with Crippen LogP contribution in [-0.2, 0) is 12.8 Å². The van der Waals surface area contributed by atoms with Crippen LogP contribution in [0.25, 0.3) is 12.2 Å². The first-order valence-corrected chi connectivity index (χ1v) is 12.0. The zero-order chi connectivity index (χ0) is 25.3. The Kier molecular flexibility index (Phi) is 8.08. The maximum atomic E-state index is 12.2. The van der Waals surface area contributed by atoms with Gasteiger partial charge >= 0.3 is 0 Å². The number of nitrogens with one attached hydrogen (secondary N) is 2. The van der Waals surface area contributed by atoms with Crippen LogP contribution in [0.3, 0.4) is 0 Å². The molecule has 0 aromatic carbocycles. The van der Waals surface area contributed by atoms with E-state index in [1.807, 2.05) is 38.1 Å². The lowest BCUT2D eigenvalue weighted by molar-refractivity contribution is 0.101. The van der Waals surface area contributed by atoms with Crippen LogP contribution >= 0.6 is 0 Å².